The van der Waals surface area contributed by atoms with Gasteiger partial charge < -0.3 is 19.6 Å². The predicted molar refractivity (Wildman–Crippen MR) is 110 cm³/mol. The molecule has 29 heavy (non-hydrogen) atoms. The van der Waals surface area contributed by atoms with Crippen molar-refractivity contribution in [3.05, 3.63) is 65.2 Å². The molecule has 3 aromatic heterocycles. The van der Waals surface area contributed by atoms with Gasteiger partial charge >= 0.3 is 0 Å². The van der Waals surface area contributed by atoms with Crippen molar-refractivity contribution >= 4 is 22.4 Å². The zero-order chi connectivity index (χ0) is 19.6. The van der Waals surface area contributed by atoms with Gasteiger partial charge in [0.2, 0.25) is 0 Å². The topological polar surface area (TPSA) is 97.7 Å². The molecule has 1 fully saturated rings. The third kappa shape index (κ3) is 3.38. The van der Waals surface area contributed by atoms with Gasteiger partial charge in [0, 0.05) is 18.9 Å². The summed E-state index contributed by atoms with van der Waals surface area (Å²) in [5, 5.41) is 12.3. The van der Waals surface area contributed by atoms with Gasteiger partial charge in [-0.15, -0.1) is 10.2 Å². The lowest BCUT2D eigenvalue weighted by atomic mass is 10.1. The summed E-state index contributed by atoms with van der Waals surface area (Å²) in [5.41, 5.74) is 2.15. The van der Waals surface area contributed by atoms with Gasteiger partial charge in [0.05, 0.1) is 29.2 Å². The molecule has 4 heterocycles. The number of benzene rings is 1. The minimum absolute atomic E-state index is 0.0463. The van der Waals surface area contributed by atoms with E-state index in [0.29, 0.717) is 35.0 Å². The number of nitrogens with zero attached hydrogens (tertiary/aromatic N) is 4. The molecule has 0 spiro atoms. The number of hydrogen-bond donors (Lipinski definition) is 2. The van der Waals surface area contributed by atoms with E-state index in [2.05, 4.69) is 20.5 Å². The Hall–Kier alpha value is -3.52. The van der Waals surface area contributed by atoms with E-state index in [9.17, 15) is 4.79 Å². The van der Waals surface area contributed by atoms with Gasteiger partial charge in [0.1, 0.15) is 17.8 Å². The number of pyridine rings is 2. The Bertz CT molecular complexity index is 1200. The Morgan fingerprint density at radius 3 is 3.00 bits per heavy atom. The zero-order valence-electron chi connectivity index (χ0n) is 15.7. The molecule has 0 amide bonds. The van der Waals surface area contributed by atoms with E-state index < -0.39 is 0 Å². The molecule has 8 nitrogen and oxygen atoms in total. The highest BCUT2D eigenvalue weighted by molar-refractivity contribution is 5.92. The van der Waals surface area contributed by atoms with Crippen molar-refractivity contribution in [2.75, 3.05) is 18.5 Å². The average Bonchev–Trinajstić information content (AvgIpc) is 3.25. The highest BCUT2D eigenvalue weighted by atomic mass is 16.5. The van der Waals surface area contributed by atoms with Crippen molar-refractivity contribution in [3.8, 4) is 11.5 Å². The van der Waals surface area contributed by atoms with E-state index in [1.807, 2.05) is 41.0 Å². The van der Waals surface area contributed by atoms with Crippen LogP contribution in [-0.4, -0.2) is 37.9 Å². The molecule has 1 aliphatic heterocycles. The molecule has 0 saturated carbocycles. The van der Waals surface area contributed by atoms with Crippen LogP contribution in [0.5, 0.6) is 0 Å². The van der Waals surface area contributed by atoms with E-state index in [1.54, 1.807) is 12.5 Å². The molecular weight excluding hydrogens is 368 g/mol. The van der Waals surface area contributed by atoms with Crippen LogP contribution in [-0.2, 0) is 4.74 Å². The second kappa shape index (κ2) is 7.48. The lowest BCUT2D eigenvalue weighted by Gasteiger charge is -2.24. The third-order valence-corrected chi connectivity index (χ3v) is 5.13. The average molecular weight is 388 g/mol. The van der Waals surface area contributed by atoms with Crippen LogP contribution in [0.15, 0.2) is 59.8 Å². The number of rotatable bonds is 4. The maximum Gasteiger partial charge on any atom is 0.191 e. The summed E-state index contributed by atoms with van der Waals surface area (Å²) in [6.07, 6.45) is 5.44. The van der Waals surface area contributed by atoms with Gasteiger partial charge in [0.15, 0.2) is 11.3 Å². The van der Waals surface area contributed by atoms with E-state index in [1.165, 1.54) is 6.07 Å². The molecule has 5 rings (SSSR count). The van der Waals surface area contributed by atoms with Crippen molar-refractivity contribution in [1.82, 2.24) is 24.7 Å². The van der Waals surface area contributed by atoms with Crippen LogP contribution in [0.25, 0.3) is 22.4 Å². The van der Waals surface area contributed by atoms with E-state index in [-0.39, 0.29) is 11.5 Å². The predicted octanol–water partition coefficient (Wildman–Crippen LogP) is 3.28. The Balaban J connectivity index is 1.49. The minimum Gasteiger partial charge on any atom is -0.379 e. The molecule has 2 N–H and O–H groups in total. The summed E-state index contributed by atoms with van der Waals surface area (Å²) in [5.74, 6) is 1.34. The maximum absolute atomic E-state index is 12.3. The largest absolute Gasteiger partial charge is 0.379 e. The van der Waals surface area contributed by atoms with Crippen molar-refractivity contribution in [2.45, 2.75) is 18.9 Å². The molecule has 146 valence electrons. The molecule has 1 aromatic carbocycles. The molecule has 0 radical (unpaired) electrons. The SMILES string of the molecule is O=c1cc[nH]c2cccc(Nc3cccc(-c4nncn4[C@H]4CCCOC4)n3)c12. The molecule has 0 aliphatic carbocycles. The summed E-state index contributed by atoms with van der Waals surface area (Å²) in [4.78, 5) is 20.2. The van der Waals surface area contributed by atoms with Gasteiger partial charge in [-0.05, 0) is 37.1 Å². The fourth-order valence-electron chi connectivity index (χ4n) is 3.74. The second-order valence-electron chi connectivity index (χ2n) is 7.04. The molecule has 8 heteroatoms. The molecule has 4 aromatic rings. The number of H-pyrrole nitrogens is 1. The highest BCUT2D eigenvalue weighted by Gasteiger charge is 2.20. The van der Waals surface area contributed by atoms with E-state index >= 15 is 0 Å². The molecule has 0 unspecified atom stereocenters. The molecule has 1 saturated heterocycles. The van der Waals surface area contributed by atoms with Gasteiger partial charge in [-0.1, -0.05) is 12.1 Å². The second-order valence-corrected chi connectivity index (χ2v) is 7.04. The van der Waals surface area contributed by atoms with Gasteiger partial charge in [-0.3, -0.25) is 4.79 Å². The summed E-state index contributed by atoms with van der Waals surface area (Å²) < 4.78 is 7.65. The first kappa shape index (κ1) is 17.6. The fraction of sp³-hybridized carbons (Fsp3) is 0.238. The van der Waals surface area contributed by atoms with Crippen molar-refractivity contribution in [1.29, 1.82) is 0 Å². The van der Waals surface area contributed by atoms with Crippen LogP contribution in [0, 0.1) is 0 Å². The third-order valence-electron chi connectivity index (χ3n) is 5.13. The first-order valence-electron chi connectivity index (χ1n) is 9.62. The monoisotopic (exact) mass is 388 g/mol. The Morgan fingerprint density at radius 2 is 2.10 bits per heavy atom. The number of nitrogens with one attached hydrogen (secondary N) is 2. The van der Waals surface area contributed by atoms with Crippen LogP contribution in [0.3, 0.4) is 0 Å². The Morgan fingerprint density at radius 1 is 1.17 bits per heavy atom. The number of ether oxygens (including phenoxy) is 1. The Kier molecular flexibility index (Phi) is 4.53. The van der Waals surface area contributed by atoms with E-state index in [4.69, 9.17) is 9.72 Å². The number of aromatic nitrogens is 5. The lowest BCUT2D eigenvalue weighted by Crippen LogP contribution is -2.21. The standard InChI is InChI=1S/C21H20N6O2/c28-18-9-10-22-15-5-1-6-16(20(15)18)24-19-8-2-7-17(25-19)21-26-23-13-27(21)14-4-3-11-29-12-14/h1-2,5-10,13-14H,3-4,11-12H2,(H,22,28)(H,24,25)/t14-/m0/s1. The molecule has 1 aliphatic rings. The smallest absolute Gasteiger partial charge is 0.191 e. The van der Waals surface area contributed by atoms with Crippen LogP contribution in [0.4, 0.5) is 11.5 Å². The quantitative estimate of drug-likeness (QED) is 0.557. The normalized spacial score (nSPS) is 16.8. The van der Waals surface area contributed by atoms with Gasteiger partial charge in [-0.25, -0.2) is 4.98 Å². The van der Waals surface area contributed by atoms with Crippen LogP contribution in [0.1, 0.15) is 18.9 Å². The number of fused-ring (bicyclic) bond motifs is 1. The van der Waals surface area contributed by atoms with Gasteiger partial charge in [0.25, 0.3) is 0 Å². The first-order valence-corrected chi connectivity index (χ1v) is 9.62. The zero-order valence-corrected chi connectivity index (χ0v) is 15.7. The van der Waals surface area contributed by atoms with Crippen LogP contribution in [0.2, 0.25) is 0 Å². The number of anilines is 2. The maximum atomic E-state index is 12.3. The van der Waals surface area contributed by atoms with Gasteiger partial charge in [-0.2, -0.15) is 0 Å². The highest BCUT2D eigenvalue weighted by Crippen LogP contribution is 2.27. The number of aromatic amines is 1. The summed E-state index contributed by atoms with van der Waals surface area (Å²) in [6.45, 7) is 1.46. The van der Waals surface area contributed by atoms with Crippen LogP contribution < -0.4 is 10.7 Å². The van der Waals surface area contributed by atoms with Crippen molar-refractivity contribution < 1.29 is 4.74 Å². The molecule has 0 bridgehead atoms. The number of hydrogen-bond acceptors (Lipinski definition) is 6. The molecule has 1 atom stereocenters. The van der Waals surface area contributed by atoms with E-state index in [0.717, 1.165) is 25.0 Å². The summed E-state index contributed by atoms with van der Waals surface area (Å²) in [7, 11) is 0. The summed E-state index contributed by atoms with van der Waals surface area (Å²) in [6, 6.07) is 13.1. The van der Waals surface area contributed by atoms with Crippen LogP contribution >= 0.6 is 0 Å². The van der Waals surface area contributed by atoms with Crippen molar-refractivity contribution in [3.63, 3.8) is 0 Å². The summed E-state index contributed by atoms with van der Waals surface area (Å²) >= 11 is 0. The molecular formula is C21H20N6O2. The fourth-order valence-corrected chi connectivity index (χ4v) is 3.74. The lowest BCUT2D eigenvalue weighted by molar-refractivity contribution is 0.0595. The first-order chi connectivity index (χ1) is 14.3. The Labute approximate surface area is 166 Å². The van der Waals surface area contributed by atoms with Crippen molar-refractivity contribution in [2.24, 2.45) is 0 Å². The minimum atomic E-state index is -0.0463.